The van der Waals surface area contributed by atoms with Crippen LogP contribution < -0.4 is 10.6 Å². The molecule has 12 heteroatoms. The minimum Gasteiger partial charge on any atom is -0.346 e. The van der Waals surface area contributed by atoms with E-state index in [1.807, 2.05) is 11.9 Å². The Morgan fingerprint density at radius 2 is 1.78 bits per heavy atom. The smallest absolute Gasteiger partial charge is 0.346 e. The van der Waals surface area contributed by atoms with Gasteiger partial charge in [0, 0.05) is 67.4 Å². The number of H-pyrrole nitrogens is 1. The van der Waals surface area contributed by atoms with Crippen LogP contribution in [0.4, 0.5) is 24.5 Å². The first-order valence-corrected chi connectivity index (χ1v) is 13.3. The first kappa shape index (κ1) is 28.6. The summed E-state index contributed by atoms with van der Waals surface area (Å²) in [7, 11) is 1.98. The summed E-state index contributed by atoms with van der Waals surface area (Å²) in [6, 6.07) is 10.2. The van der Waals surface area contributed by atoms with Gasteiger partial charge in [0.15, 0.2) is 0 Å². The summed E-state index contributed by atoms with van der Waals surface area (Å²) in [4.78, 5) is 37.2. The summed E-state index contributed by atoms with van der Waals surface area (Å²) in [5.74, 6) is -1.20. The van der Waals surface area contributed by atoms with Crippen LogP contribution in [0.2, 0.25) is 5.02 Å². The number of halogens is 4. The van der Waals surface area contributed by atoms with Gasteiger partial charge >= 0.3 is 6.18 Å². The monoisotopic (exact) mass is 584 g/mol. The molecule has 0 saturated carbocycles. The second-order valence-electron chi connectivity index (χ2n) is 10.1. The summed E-state index contributed by atoms with van der Waals surface area (Å²) in [6.07, 6.45) is -1.58. The van der Waals surface area contributed by atoms with Crippen molar-refractivity contribution in [3.63, 3.8) is 0 Å². The molecule has 0 atom stereocenters. The maximum atomic E-state index is 14.0. The molecule has 214 valence electrons. The summed E-state index contributed by atoms with van der Waals surface area (Å²) in [5, 5.41) is 6.26. The summed E-state index contributed by atoms with van der Waals surface area (Å²) >= 11 is 6.41. The standard InChI is InChI=1S/C29H28ClF3N6O2/c1-17-3-6-20(14-24(17)37-28(41)22-15-35-26-21(25(22)30)7-8-34-26)36-27(40)18-4-5-19(23(13-18)29(31,32)33)16-39-11-9-38(2)10-12-39/h3-8,13-15H,9-12,16H2,1-2H3,(H,34,35)(H,36,40)(H,37,41). The average molecular weight is 585 g/mol. The zero-order valence-electron chi connectivity index (χ0n) is 22.4. The lowest BCUT2D eigenvalue weighted by Gasteiger charge is -2.33. The van der Waals surface area contributed by atoms with Gasteiger partial charge in [-0.05, 0) is 55.4 Å². The fraction of sp³-hybridized carbons (Fsp3) is 0.276. The molecule has 1 aliphatic heterocycles. The van der Waals surface area contributed by atoms with Gasteiger partial charge in [-0.15, -0.1) is 0 Å². The Morgan fingerprint density at radius 1 is 1.02 bits per heavy atom. The van der Waals surface area contributed by atoms with Gasteiger partial charge in [0.2, 0.25) is 0 Å². The van der Waals surface area contributed by atoms with Crippen LogP contribution in [0.25, 0.3) is 11.0 Å². The van der Waals surface area contributed by atoms with Crippen LogP contribution in [0.3, 0.4) is 0 Å². The number of anilines is 2. The molecular formula is C29H28ClF3N6O2. The number of likely N-dealkylation sites (N-methyl/N-ethyl adjacent to an activating group) is 1. The van der Waals surface area contributed by atoms with E-state index >= 15 is 0 Å². The Kier molecular flexibility index (Phi) is 8.03. The Morgan fingerprint density at radius 3 is 2.51 bits per heavy atom. The Hall–Kier alpha value is -3.93. The molecule has 41 heavy (non-hydrogen) atoms. The molecule has 3 heterocycles. The quantitative estimate of drug-likeness (QED) is 0.267. The van der Waals surface area contributed by atoms with E-state index in [2.05, 4.69) is 25.5 Å². The number of fused-ring (bicyclic) bond motifs is 1. The predicted molar refractivity (Wildman–Crippen MR) is 152 cm³/mol. The molecule has 2 aromatic carbocycles. The fourth-order valence-electron chi connectivity index (χ4n) is 4.73. The molecule has 5 rings (SSSR count). The van der Waals surface area contributed by atoms with E-state index in [4.69, 9.17) is 11.6 Å². The number of nitrogens with zero attached hydrogens (tertiary/aromatic N) is 3. The van der Waals surface area contributed by atoms with Crippen molar-refractivity contribution in [3.05, 3.63) is 87.7 Å². The van der Waals surface area contributed by atoms with Crippen molar-refractivity contribution < 1.29 is 22.8 Å². The number of carbonyl (C=O) groups is 2. The van der Waals surface area contributed by atoms with Crippen LogP contribution in [0.1, 0.15) is 37.4 Å². The molecule has 8 nitrogen and oxygen atoms in total. The predicted octanol–water partition coefficient (Wildman–Crippen LogP) is 5.80. The van der Waals surface area contributed by atoms with Crippen molar-refractivity contribution in [2.24, 2.45) is 0 Å². The van der Waals surface area contributed by atoms with Crippen molar-refractivity contribution in [2.45, 2.75) is 19.6 Å². The van der Waals surface area contributed by atoms with Gasteiger partial charge in [-0.2, -0.15) is 13.2 Å². The summed E-state index contributed by atoms with van der Waals surface area (Å²) in [6.45, 7) is 4.84. The zero-order valence-corrected chi connectivity index (χ0v) is 23.2. The van der Waals surface area contributed by atoms with E-state index < -0.39 is 23.6 Å². The van der Waals surface area contributed by atoms with Crippen molar-refractivity contribution in [3.8, 4) is 0 Å². The molecule has 3 N–H and O–H groups in total. The SMILES string of the molecule is Cc1ccc(NC(=O)c2ccc(CN3CCN(C)CC3)c(C(F)(F)F)c2)cc1NC(=O)c1cnc2[nH]ccc2c1Cl. The number of carbonyl (C=O) groups excluding carboxylic acids is 2. The van der Waals surface area contributed by atoms with E-state index in [9.17, 15) is 22.8 Å². The first-order valence-electron chi connectivity index (χ1n) is 13.0. The average Bonchev–Trinajstić information content (AvgIpc) is 3.41. The molecule has 0 aliphatic carbocycles. The van der Waals surface area contributed by atoms with Gasteiger partial charge in [0.05, 0.1) is 16.1 Å². The van der Waals surface area contributed by atoms with E-state index in [1.54, 1.807) is 31.3 Å². The molecule has 1 fully saturated rings. The fourth-order valence-corrected chi connectivity index (χ4v) is 5.01. The Bertz CT molecular complexity index is 1610. The normalized spacial score (nSPS) is 14.8. The second kappa shape index (κ2) is 11.5. The number of hydrogen-bond donors (Lipinski definition) is 3. The van der Waals surface area contributed by atoms with Crippen LogP contribution in [0, 0.1) is 6.92 Å². The molecular weight excluding hydrogens is 557 g/mol. The van der Waals surface area contributed by atoms with Crippen molar-refractivity contribution in [2.75, 3.05) is 43.9 Å². The Labute approximate surface area is 239 Å². The lowest BCUT2D eigenvalue weighted by atomic mass is 10.0. The minimum atomic E-state index is -4.61. The molecule has 1 aliphatic rings. The Balaban J connectivity index is 1.33. The molecule has 2 amide bonds. The number of piperazine rings is 1. The number of aryl methyl sites for hydroxylation is 1. The molecule has 0 spiro atoms. The topological polar surface area (TPSA) is 93.4 Å². The highest BCUT2D eigenvalue weighted by atomic mass is 35.5. The van der Waals surface area contributed by atoms with Crippen molar-refractivity contribution >= 4 is 45.8 Å². The number of pyridine rings is 1. The number of hydrogen-bond acceptors (Lipinski definition) is 5. The van der Waals surface area contributed by atoms with E-state index in [0.717, 1.165) is 19.2 Å². The third-order valence-corrected chi connectivity index (χ3v) is 7.58. The van der Waals surface area contributed by atoms with Crippen LogP contribution in [0.15, 0.2) is 54.9 Å². The highest BCUT2D eigenvalue weighted by Gasteiger charge is 2.34. The lowest BCUT2D eigenvalue weighted by Crippen LogP contribution is -2.44. The van der Waals surface area contributed by atoms with Gasteiger partial charge in [0.25, 0.3) is 11.8 Å². The van der Waals surface area contributed by atoms with Crippen molar-refractivity contribution in [1.82, 2.24) is 19.8 Å². The number of nitrogens with one attached hydrogen (secondary N) is 3. The lowest BCUT2D eigenvalue weighted by molar-refractivity contribution is -0.138. The van der Waals surface area contributed by atoms with Gasteiger partial charge in [-0.25, -0.2) is 4.98 Å². The van der Waals surface area contributed by atoms with Crippen LogP contribution in [0.5, 0.6) is 0 Å². The third kappa shape index (κ3) is 6.37. The van der Waals surface area contributed by atoms with E-state index in [-0.39, 0.29) is 28.3 Å². The highest BCUT2D eigenvalue weighted by Crippen LogP contribution is 2.34. The largest absolute Gasteiger partial charge is 0.416 e. The number of rotatable bonds is 6. The van der Waals surface area contributed by atoms with Crippen LogP contribution in [-0.4, -0.2) is 64.8 Å². The first-order chi connectivity index (χ1) is 19.5. The van der Waals surface area contributed by atoms with Gasteiger partial charge in [0.1, 0.15) is 5.65 Å². The van der Waals surface area contributed by atoms with Crippen LogP contribution in [-0.2, 0) is 12.7 Å². The molecule has 0 radical (unpaired) electrons. The number of benzene rings is 2. The second-order valence-corrected chi connectivity index (χ2v) is 10.5. The molecule has 0 bridgehead atoms. The van der Waals surface area contributed by atoms with Gasteiger partial charge in [-0.3, -0.25) is 14.5 Å². The third-order valence-electron chi connectivity index (χ3n) is 7.18. The molecule has 2 aromatic heterocycles. The molecule has 1 saturated heterocycles. The van der Waals surface area contributed by atoms with Crippen LogP contribution >= 0.6 is 11.6 Å². The van der Waals surface area contributed by atoms with E-state index in [0.29, 0.717) is 41.1 Å². The van der Waals surface area contributed by atoms with Crippen molar-refractivity contribution in [1.29, 1.82) is 0 Å². The highest BCUT2D eigenvalue weighted by molar-refractivity contribution is 6.38. The van der Waals surface area contributed by atoms with Gasteiger partial charge < -0.3 is 20.5 Å². The summed E-state index contributed by atoms with van der Waals surface area (Å²) in [5.41, 5.74) is 1.31. The number of aromatic amines is 1. The maximum Gasteiger partial charge on any atom is 0.416 e. The number of aromatic nitrogens is 2. The molecule has 4 aromatic rings. The molecule has 0 unspecified atom stereocenters. The maximum absolute atomic E-state index is 14.0. The van der Waals surface area contributed by atoms with E-state index in [1.165, 1.54) is 24.4 Å². The number of alkyl halides is 3. The zero-order chi connectivity index (χ0) is 29.3. The number of amides is 2. The summed E-state index contributed by atoms with van der Waals surface area (Å²) < 4.78 is 41.9. The van der Waals surface area contributed by atoms with Gasteiger partial charge in [-0.1, -0.05) is 23.7 Å². The minimum absolute atomic E-state index is 0.122.